The molecule has 1 heterocycles. The first-order valence-electron chi connectivity index (χ1n) is 5.02. The molecule has 77 valence electrons. The van der Waals surface area contributed by atoms with Crippen LogP contribution in [-0.2, 0) is 21.8 Å². The van der Waals surface area contributed by atoms with E-state index in [1.165, 1.54) is 0 Å². The molecule has 1 aliphatic rings. The molecule has 14 heavy (non-hydrogen) atoms. The van der Waals surface area contributed by atoms with Gasteiger partial charge >= 0.3 is 94.7 Å². The van der Waals surface area contributed by atoms with Crippen LogP contribution in [0.1, 0.15) is 33.6 Å². The summed E-state index contributed by atoms with van der Waals surface area (Å²) in [5.74, 6) is 0.116. The maximum atomic E-state index is 11.5. The molecule has 0 unspecified atom stereocenters. The Bertz CT molecular complexity index is 263. The van der Waals surface area contributed by atoms with E-state index in [-0.39, 0.29) is 11.3 Å². The number of hydrogen-bond acceptors (Lipinski definition) is 1. The van der Waals surface area contributed by atoms with Crippen LogP contribution in [0.25, 0.3) is 0 Å². The van der Waals surface area contributed by atoms with Gasteiger partial charge in [0.15, 0.2) is 0 Å². The first kappa shape index (κ1) is 11.7. The van der Waals surface area contributed by atoms with Gasteiger partial charge in [-0.1, -0.05) is 0 Å². The van der Waals surface area contributed by atoms with Crippen LogP contribution in [0, 0.1) is 5.41 Å². The van der Waals surface area contributed by atoms with Gasteiger partial charge in [0.05, 0.1) is 0 Å². The molecule has 0 fully saturated rings. The standard InChI is InChI=1S/C11H17NO.V/c1-4-7-11(2,3)9-12-8-5-6-10(12)13;/h5-6H,4,7,9H2,1-3H3;. The van der Waals surface area contributed by atoms with Crippen LogP contribution in [0.2, 0.25) is 0 Å². The minimum atomic E-state index is 0.116. The summed E-state index contributed by atoms with van der Waals surface area (Å²) in [6.07, 6.45) is 5.81. The fourth-order valence-electron chi connectivity index (χ4n) is 1.78. The van der Waals surface area contributed by atoms with Gasteiger partial charge in [-0.05, 0) is 0 Å². The Labute approximate surface area is 94.9 Å². The maximum absolute atomic E-state index is 11.5. The number of hydrogen-bond donors (Lipinski definition) is 0. The molecule has 0 saturated carbocycles. The van der Waals surface area contributed by atoms with Crippen molar-refractivity contribution in [2.24, 2.45) is 5.41 Å². The quantitative estimate of drug-likeness (QED) is 0.722. The fraction of sp³-hybridized carbons (Fsp3) is 0.636. The first-order valence-corrected chi connectivity index (χ1v) is 5.71. The number of rotatable bonds is 4. The van der Waals surface area contributed by atoms with E-state index in [9.17, 15) is 4.79 Å². The molecule has 0 N–H and O–H groups in total. The van der Waals surface area contributed by atoms with E-state index in [1.54, 1.807) is 6.08 Å². The minimum absolute atomic E-state index is 0.116. The van der Waals surface area contributed by atoms with Crippen LogP contribution in [0.15, 0.2) is 12.2 Å². The van der Waals surface area contributed by atoms with Crippen LogP contribution < -0.4 is 0 Å². The summed E-state index contributed by atoms with van der Waals surface area (Å²) in [6.45, 7) is 7.42. The second-order valence-corrected chi connectivity index (χ2v) is 5.25. The summed E-state index contributed by atoms with van der Waals surface area (Å²) in [6, 6.07) is 0. The second kappa shape index (κ2) is 4.46. The molecule has 0 saturated heterocycles. The molecule has 0 atom stereocenters. The normalized spacial score (nSPS) is 16.9. The summed E-state index contributed by atoms with van der Waals surface area (Å²) in [7, 11) is 0. The van der Waals surface area contributed by atoms with E-state index in [4.69, 9.17) is 0 Å². The van der Waals surface area contributed by atoms with Gasteiger partial charge in [0.2, 0.25) is 0 Å². The van der Waals surface area contributed by atoms with Gasteiger partial charge in [0.25, 0.3) is 0 Å². The Balaban J connectivity index is 2.60. The third-order valence-corrected chi connectivity index (χ3v) is 3.04. The average Bonchev–Trinajstić information content (AvgIpc) is 2.35. The van der Waals surface area contributed by atoms with Gasteiger partial charge in [-0.2, -0.15) is 0 Å². The molecule has 2 nitrogen and oxygen atoms in total. The summed E-state index contributed by atoms with van der Waals surface area (Å²) in [4.78, 5) is 13.3. The number of amides is 1. The molecule has 1 rings (SSSR count). The zero-order valence-electron chi connectivity index (χ0n) is 9.08. The van der Waals surface area contributed by atoms with Gasteiger partial charge in [-0.15, -0.1) is 0 Å². The Morgan fingerprint density at radius 3 is 2.50 bits per heavy atom. The number of nitrogens with zero attached hydrogens (tertiary/aromatic N) is 1. The van der Waals surface area contributed by atoms with Crippen LogP contribution in [0.3, 0.4) is 0 Å². The van der Waals surface area contributed by atoms with Crippen molar-refractivity contribution in [2.75, 3.05) is 6.54 Å². The topological polar surface area (TPSA) is 20.3 Å². The summed E-state index contributed by atoms with van der Waals surface area (Å²) >= 11 is 2.45. The van der Waals surface area contributed by atoms with Crippen molar-refractivity contribution in [2.45, 2.75) is 33.6 Å². The van der Waals surface area contributed by atoms with E-state index in [0.29, 0.717) is 0 Å². The van der Waals surface area contributed by atoms with E-state index in [1.807, 2.05) is 11.0 Å². The summed E-state index contributed by atoms with van der Waals surface area (Å²) in [5.41, 5.74) is 0.210. The van der Waals surface area contributed by atoms with Crippen LogP contribution in [-0.4, -0.2) is 21.7 Å². The van der Waals surface area contributed by atoms with Crippen molar-refractivity contribution in [1.29, 1.82) is 0 Å². The van der Waals surface area contributed by atoms with Gasteiger partial charge in [-0.3, -0.25) is 0 Å². The van der Waals surface area contributed by atoms with Crippen molar-refractivity contribution in [3.8, 4) is 0 Å². The van der Waals surface area contributed by atoms with E-state index in [0.717, 1.165) is 23.7 Å². The van der Waals surface area contributed by atoms with E-state index >= 15 is 0 Å². The molecule has 0 aromatic carbocycles. The second-order valence-electron chi connectivity index (χ2n) is 4.53. The van der Waals surface area contributed by atoms with Crippen LogP contribution in [0.4, 0.5) is 0 Å². The van der Waals surface area contributed by atoms with Crippen molar-refractivity contribution in [1.82, 2.24) is 4.90 Å². The van der Waals surface area contributed by atoms with Gasteiger partial charge in [-0.25, -0.2) is 0 Å². The number of carbonyl (C=O) groups excluding carboxylic acids is 1. The molecular weight excluding hydrogens is 213 g/mol. The monoisotopic (exact) mass is 230 g/mol. The summed E-state index contributed by atoms with van der Waals surface area (Å²) < 4.78 is 1.01. The average molecular weight is 230 g/mol. The van der Waals surface area contributed by atoms with Crippen LogP contribution >= 0.6 is 0 Å². The molecule has 3 heteroatoms. The molecule has 1 amide bonds. The predicted octanol–water partition coefficient (Wildman–Crippen LogP) is 1.89. The van der Waals surface area contributed by atoms with Crippen molar-refractivity contribution >= 4 is 10.3 Å². The number of carbonyl (C=O) groups is 1. The molecule has 0 aromatic rings. The van der Waals surface area contributed by atoms with E-state index < -0.39 is 0 Å². The molecular formula is C11H17NOV. The molecule has 0 bridgehead atoms. The van der Waals surface area contributed by atoms with Gasteiger partial charge in [0, 0.05) is 0 Å². The van der Waals surface area contributed by atoms with Gasteiger partial charge in [0.1, 0.15) is 0 Å². The molecule has 0 aromatic heterocycles. The Hall–Kier alpha value is -0.336. The molecule has 1 aliphatic heterocycles. The first-order chi connectivity index (χ1) is 6.46. The van der Waals surface area contributed by atoms with E-state index in [2.05, 4.69) is 37.8 Å². The third kappa shape index (κ3) is 2.83. The Kier molecular flexibility index (Phi) is 3.74. The van der Waals surface area contributed by atoms with Gasteiger partial charge < -0.3 is 0 Å². The fourth-order valence-corrected chi connectivity index (χ4v) is 2.16. The molecule has 0 aliphatic carbocycles. The Morgan fingerprint density at radius 1 is 1.43 bits per heavy atom. The van der Waals surface area contributed by atoms with Crippen molar-refractivity contribution < 1.29 is 21.8 Å². The third-order valence-electron chi connectivity index (χ3n) is 2.43. The van der Waals surface area contributed by atoms with Crippen molar-refractivity contribution in [3.63, 3.8) is 0 Å². The van der Waals surface area contributed by atoms with Crippen molar-refractivity contribution in [3.05, 3.63) is 12.2 Å². The summed E-state index contributed by atoms with van der Waals surface area (Å²) in [5, 5.41) is 0. The van der Waals surface area contributed by atoms with Crippen LogP contribution in [0.5, 0.6) is 0 Å². The predicted molar refractivity (Wildman–Crippen MR) is 54.5 cm³/mol. The molecule has 0 spiro atoms. The zero-order chi connectivity index (χ0) is 10.8. The molecule has 0 radical (unpaired) electrons. The Morgan fingerprint density at radius 2 is 2.07 bits per heavy atom. The SMILES string of the molecule is CCCC(C)(C)CN1C(=O)C=C[C]1=[V]. The zero-order valence-corrected chi connectivity index (χ0v) is 10.5.